The molecule has 8 atom stereocenters. The predicted molar refractivity (Wildman–Crippen MR) is 223 cm³/mol. The number of Topliss-reactive ketones (excluding diaryl/α,β-unsaturated/α-hetero) is 2. The van der Waals surface area contributed by atoms with Gasteiger partial charge in [0.2, 0.25) is 5.91 Å². The predicted octanol–water partition coefficient (Wildman–Crippen LogP) is 6.62. The van der Waals surface area contributed by atoms with E-state index in [1.807, 2.05) is 53.5 Å². The second-order valence-electron chi connectivity index (χ2n) is 16.4. The maximum Gasteiger partial charge on any atom is 0.305 e. The molecule has 322 valence electrons. The second-order valence-corrected chi connectivity index (χ2v) is 17.3. The molecular formula is C44H66N4O9S. The first kappa shape index (κ1) is 48.2. The Kier molecular flexibility index (Phi) is 19.5. The third kappa shape index (κ3) is 14.6. The van der Waals surface area contributed by atoms with Crippen molar-refractivity contribution in [2.75, 3.05) is 20.2 Å². The number of ether oxygens (including phenoxy) is 2. The van der Waals surface area contributed by atoms with E-state index in [9.17, 15) is 33.9 Å². The Morgan fingerprint density at radius 1 is 0.983 bits per heavy atom. The number of amides is 2. The van der Waals surface area contributed by atoms with E-state index in [1.54, 1.807) is 29.6 Å². The van der Waals surface area contributed by atoms with Gasteiger partial charge in [-0.3, -0.25) is 33.7 Å². The number of nitrogens with one attached hydrogen (secondary N) is 2. The van der Waals surface area contributed by atoms with Crippen molar-refractivity contribution < 1.29 is 43.3 Å². The van der Waals surface area contributed by atoms with Crippen molar-refractivity contribution in [3.8, 4) is 5.75 Å². The highest BCUT2D eigenvalue weighted by Crippen LogP contribution is 2.37. The molecule has 0 aliphatic carbocycles. The molecule has 1 aliphatic rings. The smallest absolute Gasteiger partial charge is 0.305 e. The molecule has 1 aromatic carbocycles. The number of ketones is 2. The molecule has 1 aromatic heterocycles. The minimum absolute atomic E-state index is 0.00331. The number of likely N-dealkylation sites (N-methyl/N-ethyl adjacent to an activating group) is 1. The summed E-state index contributed by atoms with van der Waals surface area (Å²) in [6.07, 6.45) is 4.03. The number of carbonyl (C=O) groups is 6. The fraction of sp³-hybridized carbons (Fsp3) is 0.659. The van der Waals surface area contributed by atoms with Crippen LogP contribution in [0, 0.1) is 29.6 Å². The number of esters is 2. The molecule has 0 radical (unpaired) electrons. The van der Waals surface area contributed by atoms with E-state index in [0.29, 0.717) is 37.1 Å². The summed E-state index contributed by atoms with van der Waals surface area (Å²) < 4.78 is 11.6. The number of phenolic OH excluding ortho intramolecular Hbond substituents is 1. The minimum Gasteiger partial charge on any atom is -0.508 e. The first-order valence-electron chi connectivity index (χ1n) is 20.9. The third-order valence-electron chi connectivity index (χ3n) is 11.4. The monoisotopic (exact) mass is 826 g/mol. The van der Waals surface area contributed by atoms with Crippen molar-refractivity contribution in [3.05, 3.63) is 45.9 Å². The first-order chi connectivity index (χ1) is 27.4. The topological polar surface area (TPSA) is 181 Å². The summed E-state index contributed by atoms with van der Waals surface area (Å²) in [5.41, 5.74) is 0.978. The fourth-order valence-corrected chi connectivity index (χ4v) is 8.38. The van der Waals surface area contributed by atoms with Gasteiger partial charge < -0.3 is 25.2 Å². The van der Waals surface area contributed by atoms with Crippen LogP contribution in [0.1, 0.15) is 134 Å². The SMILES string of the molecule is CCCC(=O)OCC(C(=O)C(NC(=O)[C@H]1CCCCN1C)C(C)CC)C(C[C@@H](OC(C)=O)c1nc(C(=O)N[C@@H](Cc2ccc(O)cc2)C[C@H](C)C(C)=O)cs1)C(C)C. The van der Waals surface area contributed by atoms with E-state index in [1.165, 1.54) is 13.8 Å². The summed E-state index contributed by atoms with van der Waals surface area (Å²) >= 11 is 1.15. The van der Waals surface area contributed by atoms with E-state index < -0.39 is 47.9 Å². The lowest BCUT2D eigenvalue weighted by molar-refractivity contribution is -0.151. The maximum absolute atomic E-state index is 14.8. The van der Waals surface area contributed by atoms with Crippen molar-refractivity contribution >= 4 is 46.7 Å². The Balaban J connectivity index is 1.95. The number of benzene rings is 1. The molecule has 0 spiro atoms. The number of phenols is 1. The van der Waals surface area contributed by atoms with Crippen LogP contribution in [-0.2, 0) is 39.9 Å². The van der Waals surface area contributed by atoms with Gasteiger partial charge >= 0.3 is 11.9 Å². The average Bonchev–Trinajstić information content (AvgIpc) is 3.67. The summed E-state index contributed by atoms with van der Waals surface area (Å²) in [7, 11) is 1.92. The Morgan fingerprint density at radius 2 is 1.67 bits per heavy atom. The summed E-state index contributed by atoms with van der Waals surface area (Å²) in [4.78, 5) is 86.4. The highest BCUT2D eigenvalue weighted by atomic mass is 32.1. The quantitative estimate of drug-likeness (QED) is 0.103. The van der Waals surface area contributed by atoms with E-state index in [-0.39, 0.29) is 72.2 Å². The van der Waals surface area contributed by atoms with Gasteiger partial charge in [-0.15, -0.1) is 11.3 Å². The van der Waals surface area contributed by atoms with Crippen molar-refractivity contribution in [3.63, 3.8) is 0 Å². The molecule has 13 nitrogen and oxygen atoms in total. The highest BCUT2D eigenvalue weighted by Gasteiger charge is 2.41. The molecule has 0 bridgehead atoms. The molecule has 4 unspecified atom stereocenters. The molecule has 1 saturated heterocycles. The van der Waals surface area contributed by atoms with Crippen molar-refractivity contribution in [2.24, 2.45) is 29.6 Å². The Labute approximate surface area is 348 Å². The van der Waals surface area contributed by atoms with Gasteiger partial charge in [0, 0.05) is 30.7 Å². The maximum atomic E-state index is 14.8. The van der Waals surface area contributed by atoms with Gasteiger partial charge in [0.1, 0.15) is 28.8 Å². The zero-order valence-corrected chi connectivity index (χ0v) is 36.7. The van der Waals surface area contributed by atoms with Crippen LogP contribution in [0.15, 0.2) is 29.6 Å². The molecule has 14 heteroatoms. The number of thiazole rings is 1. The molecule has 3 rings (SSSR count). The van der Waals surface area contributed by atoms with Crippen LogP contribution in [0.5, 0.6) is 5.75 Å². The number of nitrogens with zero attached hydrogens (tertiary/aromatic N) is 2. The van der Waals surface area contributed by atoms with Gasteiger partial charge in [0.15, 0.2) is 11.9 Å². The first-order valence-corrected chi connectivity index (χ1v) is 21.7. The number of aromatic hydroxyl groups is 1. The number of likely N-dealkylation sites (tertiary alicyclic amines) is 1. The third-order valence-corrected chi connectivity index (χ3v) is 12.4. The summed E-state index contributed by atoms with van der Waals surface area (Å²) in [6.45, 7) is 14.9. The number of hydrogen-bond donors (Lipinski definition) is 3. The van der Waals surface area contributed by atoms with Crippen LogP contribution >= 0.6 is 11.3 Å². The van der Waals surface area contributed by atoms with E-state index in [0.717, 1.165) is 36.3 Å². The average molecular weight is 827 g/mol. The van der Waals surface area contributed by atoms with Crippen LogP contribution < -0.4 is 10.6 Å². The van der Waals surface area contributed by atoms with Crippen molar-refractivity contribution in [1.29, 1.82) is 0 Å². The summed E-state index contributed by atoms with van der Waals surface area (Å²) in [5.74, 6) is -3.82. The molecule has 58 heavy (non-hydrogen) atoms. The fourth-order valence-electron chi connectivity index (χ4n) is 7.54. The van der Waals surface area contributed by atoms with Gasteiger partial charge in [0.25, 0.3) is 5.91 Å². The largest absolute Gasteiger partial charge is 0.508 e. The molecule has 2 heterocycles. The second kappa shape index (κ2) is 23.4. The van der Waals surface area contributed by atoms with E-state index in [2.05, 4.69) is 15.6 Å². The van der Waals surface area contributed by atoms with Crippen molar-refractivity contribution in [1.82, 2.24) is 20.5 Å². The van der Waals surface area contributed by atoms with Crippen LogP contribution in [0.4, 0.5) is 0 Å². The Bertz CT molecular complexity index is 1680. The molecule has 3 N–H and O–H groups in total. The lowest BCUT2D eigenvalue weighted by Gasteiger charge is -2.36. The molecular weight excluding hydrogens is 761 g/mol. The van der Waals surface area contributed by atoms with Crippen LogP contribution in [-0.4, -0.2) is 88.6 Å². The van der Waals surface area contributed by atoms with Gasteiger partial charge in [-0.25, -0.2) is 4.98 Å². The van der Waals surface area contributed by atoms with Gasteiger partial charge in [-0.2, -0.15) is 0 Å². The molecule has 0 saturated carbocycles. The number of aromatic nitrogens is 1. The van der Waals surface area contributed by atoms with E-state index in [4.69, 9.17) is 9.47 Å². The van der Waals surface area contributed by atoms with Gasteiger partial charge in [-0.05, 0) is 94.5 Å². The van der Waals surface area contributed by atoms with Crippen LogP contribution in [0.3, 0.4) is 0 Å². The zero-order chi connectivity index (χ0) is 43.1. The number of piperidine rings is 1. The number of hydrogen-bond acceptors (Lipinski definition) is 12. The lowest BCUT2D eigenvalue weighted by Crippen LogP contribution is -2.56. The van der Waals surface area contributed by atoms with Crippen molar-refractivity contribution in [2.45, 2.75) is 137 Å². The summed E-state index contributed by atoms with van der Waals surface area (Å²) in [5, 5.41) is 17.8. The molecule has 2 aromatic rings. The summed E-state index contributed by atoms with van der Waals surface area (Å²) in [6, 6.07) is 5.06. The number of carbonyl (C=O) groups excluding carboxylic acids is 6. The van der Waals surface area contributed by atoms with Crippen LogP contribution in [0.25, 0.3) is 0 Å². The Morgan fingerprint density at radius 3 is 2.26 bits per heavy atom. The number of rotatable bonds is 23. The standard InChI is InChI=1S/C44H66N4O9S/c1-10-14-39(52)56-24-35(41(53)40(27(5)11-2)47-43(55)37-15-12-13-20-48(37)9)34(26(3)4)23-38(57-30(8)50)44-46-36(25-58-44)42(54)45-32(21-28(6)29(7)49)22-31-16-18-33(51)19-17-31/h16-19,25-28,32,34-35,37-38,40,51H,10-15,20-24H2,1-9H3,(H,45,54)(H,47,55)/t27?,28-,32+,34?,35?,37+,38+,40?/m0/s1. The Hall–Kier alpha value is -4.17. The molecule has 1 fully saturated rings. The van der Waals surface area contributed by atoms with Gasteiger partial charge in [-0.1, -0.05) is 66.5 Å². The highest BCUT2D eigenvalue weighted by molar-refractivity contribution is 7.09. The minimum atomic E-state index is -0.934. The van der Waals surface area contributed by atoms with E-state index >= 15 is 0 Å². The van der Waals surface area contributed by atoms with Gasteiger partial charge in [0.05, 0.1) is 18.0 Å². The van der Waals surface area contributed by atoms with Crippen LogP contribution in [0.2, 0.25) is 0 Å². The molecule has 2 amide bonds. The lowest BCUT2D eigenvalue weighted by atomic mass is 9.74. The normalized spacial score (nSPS) is 18.2. The zero-order valence-electron chi connectivity index (χ0n) is 35.9. The molecule has 1 aliphatic heterocycles.